The smallest absolute Gasteiger partial charge is 0.0649 e. The van der Waals surface area contributed by atoms with Gasteiger partial charge in [-0.25, -0.2) is 0 Å². The first kappa shape index (κ1) is 9.72. The lowest BCUT2D eigenvalue weighted by atomic mass is 9.86. The zero-order chi connectivity index (χ0) is 10.1. The van der Waals surface area contributed by atoms with Crippen molar-refractivity contribution in [3.63, 3.8) is 0 Å². The Morgan fingerprint density at radius 3 is 2.71 bits per heavy atom. The molecule has 0 radical (unpaired) electrons. The lowest BCUT2D eigenvalue weighted by Crippen LogP contribution is -2.23. The molecule has 1 aromatic rings. The number of hydrogen-bond donors (Lipinski definition) is 0. The third kappa shape index (κ3) is 1.46. The standard InChI is InChI=1S/C12H14ClN/c1-8-9(2)14-12(7-13)11-6-4-3-5-10(8)11/h3-6,8-9H,7H2,1-2H3/t8-,9-/m0/s1. The predicted molar refractivity (Wildman–Crippen MR) is 61.6 cm³/mol. The van der Waals surface area contributed by atoms with Gasteiger partial charge in [-0.3, -0.25) is 4.99 Å². The number of nitrogens with zero attached hydrogens (tertiary/aromatic N) is 1. The maximum absolute atomic E-state index is 5.89. The molecule has 1 aromatic carbocycles. The molecule has 0 aliphatic carbocycles. The summed E-state index contributed by atoms with van der Waals surface area (Å²) in [6, 6.07) is 8.76. The van der Waals surface area contributed by atoms with E-state index in [-0.39, 0.29) is 0 Å². The van der Waals surface area contributed by atoms with Crippen LogP contribution in [0.25, 0.3) is 0 Å². The van der Waals surface area contributed by atoms with Crippen LogP contribution in [0, 0.1) is 0 Å². The molecular formula is C12H14ClN. The molecule has 0 bridgehead atoms. The Hall–Kier alpha value is -0.820. The number of benzene rings is 1. The predicted octanol–water partition coefficient (Wildman–Crippen LogP) is 3.22. The Morgan fingerprint density at radius 1 is 1.29 bits per heavy atom. The maximum atomic E-state index is 5.89. The summed E-state index contributed by atoms with van der Waals surface area (Å²) in [5.74, 6) is 1.01. The number of halogens is 1. The number of aliphatic imine (C=N–C) groups is 1. The van der Waals surface area contributed by atoms with Crippen molar-refractivity contribution in [2.24, 2.45) is 4.99 Å². The Morgan fingerprint density at radius 2 is 2.00 bits per heavy atom. The second-order valence-corrected chi connectivity index (χ2v) is 4.09. The van der Waals surface area contributed by atoms with Crippen LogP contribution in [-0.2, 0) is 0 Å². The minimum atomic E-state index is 0.346. The van der Waals surface area contributed by atoms with Crippen LogP contribution in [0.3, 0.4) is 0 Å². The van der Waals surface area contributed by atoms with Crippen LogP contribution >= 0.6 is 11.6 Å². The topological polar surface area (TPSA) is 12.4 Å². The summed E-state index contributed by atoms with van der Waals surface area (Å²) >= 11 is 5.89. The molecule has 0 unspecified atom stereocenters. The summed E-state index contributed by atoms with van der Waals surface area (Å²) in [6.45, 7) is 4.37. The van der Waals surface area contributed by atoms with Gasteiger partial charge in [0.15, 0.2) is 0 Å². The Bertz CT molecular complexity index is 370. The van der Waals surface area contributed by atoms with Crippen molar-refractivity contribution in [1.29, 1.82) is 0 Å². The average molecular weight is 208 g/mol. The highest BCUT2D eigenvalue weighted by molar-refractivity contribution is 6.32. The van der Waals surface area contributed by atoms with Gasteiger partial charge in [0.25, 0.3) is 0 Å². The van der Waals surface area contributed by atoms with E-state index < -0.39 is 0 Å². The van der Waals surface area contributed by atoms with Crippen LogP contribution in [0.5, 0.6) is 0 Å². The van der Waals surface area contributed by atoms with Gasteiger partial charge in [-0.05, 0) is 12.5 Å². The molecular weight excluding hydrogens is 194 g/mol. The zero-order valence-corrected chi connectivity index (χ0v) is 9.25. The fourth-order valence-electron chi connectivity index (χ4n) is 1.95. The SMILES string of the molecule is C[C@@H]1N=C(CCl)c2ccccc2[C@H]1C. The van der Waals surface area contributed by atoms with E-state index in [1.807, 2.05) is 6.07 Å². The van der Waals surface area contributed by atoms with Crippen molar-refractivity contribution in [2.75, 3.05) is 5.88 Å². The molecule has 1 heterocycles. The zero-order valence-electron chi connectivity index (χ0n) is 8.50. The largest absolute Gasteiger partial charge is 0.284 e. The van der Waals surface area contributed by atoms with Crippen molar-refractivity contribution in [3.05, 3.63) is 35.4 Å². The van der Waals surface area contributed by atoms with Crippen molar-refractivity contribution in [2.45, 2.75) is 25.8 Å². The second kappa shape index (κ2) is 3.74. The van der Waals surface area contributed by atoms with Crippen molar-refractivity contribution in [1.82, 2.24) is 0 Å². The van der Waals surface area contributed by atoms with E-state index in [0.29, 0.717) is 17.8 Å². The molecule has 2 heteroatoms. The first-order chi connectivity index (χ1) is 6.74. The van der Waals surface area contributed by atoms with E-state index >= 15 is 0 Å². The molecule has 2 atom stereocenters. The number of rotatable bonds is 1. The summed E-state index contributed by atoms with van der Waals surface area (Å²) in [6.07, 6.45) is 0. The Kier molecular flexibility index (Phi) is 2.60. The molecule has 0 amide bonds. The first-order valence-corrected chi connectivity index (χ1v) is 5.49. The lowest BCUT2D eigenvalue weighted by Gasteiger charge is -2.26. The summed E-state index contributed by atoms with van der Waals surface area (Å²) in [5, 5.41) is 0. The molecule has 0 saturated heterocycles. The summed E-state index contributed by atoms with van der Waals surface area (Å²) in [5.41, 5.74) is 3.65. The highest BCUT2D eigenvalue weighted by Gasteiger charge is 2.23. The quantitative estimate of drug-likeness (QED) is 0.627. The van der Waals surface area contributed by atoms with Crippen LogP contribution in [0.2, 0.25) is 0 Å². The molecule has 0 aromatic heterocycles. The molecule has 74 valence electrons. The highest BCUT2D eigenvalue weighted by atomic mass is 35.5. The van der Waals surface area contributed by atoms with Gasteiger partial charge in [0.2, 0.25) is 0 Å². The van der Waals surface area contributed by atoms with Crippen molar-refractivity contribution in [3.8, 4) is 0 Å². The molecule has 0 N–H and O–H groups in total. The minimum Gasteiger partial charge on any atom is -0.284 e. The monoisotopic (exact) mass is 207 g/mol. The van der Waals surface area contributed by atoms with E-state index in [1.54, 1.807) is 0 Å². The molecule has 1 nitrogen and oxygen atoms in total. The van der Waals surface area contributed by atoms with Gasteiger partial charge in [0.05, 0.1) is 17.6 Å². The molecule has 0 spiro atoms. The van der Waals surface area contributed by atoms with Crippen LogP contribution in [0.4, 0.5) is 0 Å². The summed E-state index contributed by atoms with van der Waals surface area (Å²) in [4.78, 5) is 4.61. The normalized spacial score (nSPS) is 25.5. The van der Waals surface area contributed by atoms with E-state index in [1.165, 1.54) is 11.1 Å². The van der Waals surface area contributed by atoms with Crippen molar-refractivity contribution >= 4 is 17.3 Å². The van der Waals surface area contributed by atoms with Crippen LogP contribution in [-0.4, -0.2) is 17.6 Å². The highest BCUT2D eigenvalue weighted by Crippen LogP contribution is 2.30. The summed E-state index contributed by atoms with van der Waals surface area (Å²) < 4.78 is 0. The number of alkyl halides is 1. The van der Waals surface area contributed by atoms with Gasteiger partial charge in [-0.15, -0.1) is 11.6 Å². The fourth-order valence-corrected chi connectivity index (χ4v) is 2.16. The average Bonchev–Trinajstić information content (AvgIpc) is 2.23. The number of hydrogen-bond acceptors (Lipinski definition) is 1. The number of fused-ring (bicyclic) bond motifs is 1. The van der Waals surface area contributed by atoms with Crippen molar-refractivity contribution < 1.29 is 0 Å². The van der Waals surface area contributed by atoms with Crippen LogP contribution in [0.15, 0.2) is 29.3 Å². The van der Waals surface area contributed by atoms with Crippen LogP contribution in [0.1, 0.15) is 30.9 Å². The molecule has 1 aliphatic rings. The van der Waals surface area contributed by atoms with Gasteiger partial charge in [0.1, 0.15) is 0 Å². The second-order valence-electron chi connectivity index (χ2n) is 3.83. The van der Waals surface area contributed by atoms with Gasteiger partial charge in [-0.1, -0.05) is 31.2 Å². The van der Waals surface area contributed by atoms with E-state index in [9.17, 15) is 0 Å². The first-order valence-electron chi connectivity index (χ1n) is 4.96. The van der Waals surface area contributed by atoms with Gasteiger partial charge < -0.3 is 0 Å². The Labute approximate surface area is 89.8 Å². The molecule has 2 rings (SSSR count). The van der Waals surface area contributed by atoms with Gasteiger partial charge in [-0.2, -0.15) is 0 Å². The fraction of sp³-hybridized carbons (Fsp3) is 0.417. The van der Waals surface area contributed by atoms with E-state index in [0.717, 1.165) is 5.71 Å². The molecule has 14 heavy (non-hydrogen) atoms. The minimum absolute atomic E-state index is 0.346. The van der Waals surface area contributed by atoms with E-state index in [4.69, 9.17) is 11.6 Å². The summed E-state index contributed by atoms with van der Waals surface area (Å²) in [7, 11) is 0. The third-order valence-electron chi connectivity index (χ3n) is 2.97. The molecule has 1 aliphatic heterocycles. The van der Waals surface area contributed by atoms with Crippen LogP contribution < -0.4 is 0 Å². The molecule has 0 fully saturated rings. The maximum Gasteiger partial charge on any atom is 0.0649 e. The van der Waals surface area contributed by atoms with Gasteiger partial charge in [0, 0.05) is 11.5 Å². The van der Waals surface area contributed by atoms with E-state index in [2.05, 4.69) is 37.0 Å². The van der Waals surface area contributed by atoms with Gasteiger partial charge >= 0.3 is 0 Å². The Balaban J connectivity index is 2.55. The third-order valence-corrected chi connectivity index (χ3v) is 3.23. The lowest BCUT2D eigenvalue weighted by molar-refractivity contribution is 0.605. The molecule has 0 saturated carbocycles.